The summed E-state index contributed by atoms with van der Waals surface area (Å²) in [6, 6.07) is 7.14. The molecule has 1 heterocycles. The van der Waals surface area contributed by atoms with Crippen LogP contribution >= 0.6 is 11.3 Å². The van der Waals surface area contributed by atoms with Crippen molar-refractivity contribution >= 4 is 34.8 Å². The third-order valence-electron chi connectivity index (χ3n) is 4.45. The molecular formula is C23H30N2O6S. The van der Waals surface area contributed by atoms with Crippen LogP contribution in [0.1, 0.15) is 43.8 Å². The smallest absolute Gasteiger partial charge is 0.350 e. The SMILES string of the molecule is CCOC(=O)c1sc(-c2ccc(OC)c(OC)c2)cc1NC(=O)CCNC(=O)C(C)(C)C. The third kappa shape index (κ3) is 6.46. The fourth-order valence-corrected chi connectivity index (χ4v) is 3.74. The van der Waals surface area contributed by atoms with Gasteiger partial charge in [-0.3, -0.25) is 9.59 Å². The number of hydrogen-bond donors (Lipinski definition) is 2. The number of carbonyl (C=O) groups is 3. The lowest BCUT2D eigenvalue weighted by atomic mass is 9.96. The summed E-state index contributed by atoms with van der Waals surface area (Å²) in [5.74, 6) is 0.172. The van der Waals surface area contributed by atoms with Crippen molar-refractivity contribution in [2.45, 2.75) is 34.1 Å². The van der Waals surface area contributed by atoms with E-state index in [2.05, 4.69) is 10.6 Å². The molecule has 2 rings (SSSR count). The Labute approximate surface area is 192 Å². The van der Waals surface area contributed by atoms with Crippen LogP contribution in [0.25, 0.3) is 10.4 Å². The van der Waals surface area contributed by atoms with Crippen LogP contribution in [-0.2, 0) is 14.3 Å². The van der Waals surface area contributed by atoms with Gasteiger partial charge in [0.1, 0.15) is 4.88 Å². The molecule has 2 amide bonds. The zero-order valence-corrected chi connectivity index (χ0v) is 20.1. The predicted octanol–water partition coefficient (Wildman–Crippen LogP) is 4.10. The fraction of sp³-hybridized carbons (Fsp3) is 0.435. The number of benzene rings is 1. The molecular weight excluding hydrogens is 432 g/mol. The molecule has 1 aromatic carbocycles. The van der Waals surface area contributed by atoms with Gasteiger partial charge >= 0.3 is 5.97 Å². The first kappa shape index (κ1) is 25.2. The highest BCUT2D eigenvalue weighted by atomic mass is 32.1. The summed E-state index contributed by atoms with van der Waals surface area (Å²) in [7, 11) is 3.10. The average Bonchev–Trinajstić information content (AvgIpc) is 3.16. The Hall–Kier alpha value is -3.07. The van der Waals surface area contributed by atoms with E-state index in [0.717, 1.165) is 10.4 Å². The number of thiophene rings is 1. The van der Waals surface area contributed by atoms with E-state index in [0.29, 0.717) is 22.1 Å². The van der Waals surface area contributed by atoms with E-state index in [1.807, 2.05) is 6.07 Å². The van der Waals surface area contributed by atoms with E-state index in [1.165, 1.54) is 11.3 Å². The molecule has 174 valence electrons. The quantitative estimate of drug-likeness (QED) is 0.544. The highest BCUT2D eigenvalue weighted by Gasteiger charge is 2.22. The summed E-state index contributed by atoms with van der Waals surface area (Å²) in [4.78, 5) is 37.9. The molecule has 8 nitrogen and oxygen atoms in total. The summed E-state index contributed by atoms with van der Waals surface area (Å²) in [5, 5.41) is 5.50. The van der Waals surface area contributed by atoms with Crippen molar-refractivity contribution < 1.29 is 28.6 Å². The lowest BCUT2D eigenvalue weighted by Crippen LogP contribution is -2.36. The molecule has 0 saturated carbocycles. The van der Waals surface area contributed by atoms with Gasteiger partial charge in [0.05, 0.1) is 26.5 Å². The monoisotopic (exact) mass is 462 g/mol. The van der Waals surface area contributed by atoms with Crippen molar-refractivity contribution in [3.63, 3.8) is 0 Å². The molecule has 0 atom stereocenters. The van der Waals surface area contributed by atoms with Gasteiger partial charge in [-0.05, 0) is 36.8 Å². The lowest BCUT2D eigenvalue weighted by Gasteiger charge is -2.17. The maximum absolute atomic E-state index is 12.5. The van der Waals surface area contributed by atoms with Crippen molar-refractivity contribution in [2.75, 3.05) is 32.7 Å². The number of ether oxygens (including phenoxy) is 3. The first-order chi connectivity index (χ1) is 15.1. The molecule has 1 aromatic heterocycles. The number of rotatable bonds is 9. The minimum Gasteiger partial charge on any atom is -0.493 e. The normalized spacial score (nSPS) is 10.9. The molecule has 9 heteroatoms. The summed E-state index contributed by atoms with van der Waals surface area (Å²) in [5.41, 5.74) is 0.636. The maximum atomic E-state index is 12.5. The number of amides is 2. The molecule has 0 radical (unpaired) electrons. The second-order valence-corrected chi connectivity index (χ2v) is 9.00. The van der Waals surface area contributed by atoms with Crippen LogP contribution in [0.4, 0.5) is 5.69 Å². The van der Waals surface area contributed by atoms with Gasteiger partial charge < -0.3 is 24.8 Å². The zero-order chi connectivity index (χ0) is 23.9. The molecule has 0 saturated heterocycles. The average molecular weight is 463 g/mol. The maximum Gasteiger partial charge on any atom is 0.350 e. The molecule has 0 spiro atoms. The van der Waals surface area contributed by atoms with Crippen molar-refractivity contribution in [2.24, 2.45) is 5.41 Å². The van der Waals surface area contributed by atoms with Gasteiger partial charge in [0.25, 0.3) is 0 Å². The second-order valence-electron chi connectivity index (χ2n) is 7.95. The minimum absolute atomic E-state index is 0.0750. The number of methoxy groups -OCH3 is 2. The van der Waals surface area contributed by atoms with E-state index >= 15 is 0 Å². The largest absolute Gasteiger partial charge is 0.493 e. The first-order valence-electron chi connectivity index (χ1n) is 10.2. The Balaban J connectivity index is 2.22. The topological polar surface area (TPSA) is 103 Å². The molecule has 2 aromatic rings. The van der Waals surface area contributed by atoms with E-state index in [9.17, 15) is 14.4 Å². The van der Waals surface area contributed by atoms with Crippen LogP contribution in [0.3, 0.4) is 0 Å². The Kier molecular flexibility index (Phi) is 8.65. The Morgan fingerprint density at radius 2 is 1.72 bits per heavy atom. The molecule has 0 aliphatic heterocycles. The standard InChI is InChI=1S/C23H30N2O6S/c1-7-31-21(27)20-15(25-19(26)10-11-24-22(28)23(2,3)4)13-18(32-20)14-8-9-16(29-5)17(12-14)30-6/h8-9,12-13H,7,10-11H2,1-6H3,(H,24,28)(H,25,26). The van der Waals surface area contributed by atoms with Crippen LogP contribution < -0.4 is 20.1 Å². The highest BCUT2D eigenvalue weighted by Crippen LogP contribution is 2.39. The van der Waals surface area contributed by atoms with Crippen LogP contribution in [0.5, 0.6) is 11.5 Å². The van der Waals surface area contributed by atoms with Crippen molar-refractivity contribution in [1.29, 1.82) is 0 Å². The second kappa shape index (κ2) is 11.0. The Morgan fingerprint density at radius 3 is 2.31 bits per heavy atom. The number of hydrogen-bond acceptors (Lipinski definition) is 7. The van der Waals surface area contributed by atoms with Crippen LogP contribution in [0, 0.1) is 5.41 Å². The van der Waals surface area contributed by atoms with Gasteiger partial charge in [0, 0.05) is 23.3 Å². The zero-order valence-electron chi connectivity index (χ0n) is 19.3. The van der Waals surface area contributed by atoms with E-state index in [-0.39, 0.29) is 31.4 Å². The van der Waals surface area contributed by atoms with Crippen LogP contribution in [-0.4, -0.2) is 45.2 Å². The van der Waals surface area contributed by atoms with Gasteiger partial charge in [0.15, 0.2) is 11.5 Å². The summed E-state index contributed by atoms with van der Waals surface area (Å²) >= 11 is 1.21. The summed E-state index contributed by atoms with van der Waals surface area (Å²) < 4.78 is 15.8. The highest BCUT2D eigenvalue weighted by molar-refractivity contribution is 7.18. The van der Waals surface area contributed by atoms with Crippen molar-refractivity contribution in [3.8, 4) is 21.9 Å². The summed E-state index contributed by atoms with van der Waals surface area (Å²) in [6.07, 6.45) is 0.0750. The van der Waals surface area contributed by atoms with Gasteiger partial charge in [-0.2, -0.15) is 0 Å². The van der Waals surface area contributed by atoms with Crippen molar-refractivity contribution in [1.82, 2.24) is 5.32 Å². The molecule has 0 unspecified atom stereocenters. The molecule has 0 aliphatic carbocycles. The number of anilines is 1. The molecule has 0 fully saturated rings. The van der Waals surface area contributed by atoms with Crippen LogP contribution in [0.2, 0.25) is 0 Å². The van der Waals surface area contributed by atoms with E-state index < -0.39 is 11.4 Å². The lowest BCUT2D eigenvalue weighted by molar-refractivity contribution is -0.128. The predicted molar refractivity (Wildman–Crippen MR) is 125 cm³/mol. The fourth-order valence-electron chi connectivity index (χ4n) is 2.73. The Morgan fingerprint density at radius 1 is 1.03 bits per heavy atom. The number of nitrogens with one attached hydrogen (secondary N) is 2. The molecule has 2 N–H and O–H groups in total. The number of esters is 1. The third-order valence-corrected chi connectivity index (χ3v) is 5.62. The molecule has 32 heavy (non-hydrogen) atoms. The van der Waals surface area contributed by atoms with E-state index in [1.54, 1.807) is 60.1 Å². The first-order valence-corrected chi connectivity index (χ1v) is 11.0. The van der Waals surface area contributed by atoms with Gasteiger partial charge in [-0.1, -0.05) is 20.8 Å². The Bertz CT molecular complexity index is 977. The van der Waals surface area contributed by atoms with Crippen LogP contribution in [0.15, 0.2) is 24.3 Å². The minimum atomic E-state index is -0.533. The van der Waals surface area contributed by atoms with Gasteiger partial charge in [0.2, 0.25) is 11.8 Å². The van der Waals surface area contributed by atoms with Gasteiger partial charge in [-0.25, -0.2) is 4.79 Å². The van der Waals surface area contributed by atoms with Crippen molar-refractivity contribution in [3.05, 3.63) is 29.1 Å². The molecule has 0 bridgehead atoms. The molecule has 0 aliphatic rings. The number of carbonyl (C=O) groups excluding carboxylic acids is 3. The van der Waals surface area contributed by atoms with Gasteiger partial charge in [-0.15, -0.1) is 11.3 Å². The summed E-state index contributed by atoms with van der Waals surface area (Å²) in [6.45, 7) is 7.54. The van der Waals surface area contributed by atoms with E-state index in [4.69, 9.17) is 14.2 Å².